The molecule has 3 aromatic rings. The molecule has 0 spiro atoms. The van der Waals surface area contributed by atoms with E-state index in [-0.39, 0.29) is 29.7 Å². The second kappa shape index (κ2) is 8.61. The highest BCUT2D eigenvalue weighted by Crippen LogP contribution is 2.27. The number of amides is 1. The zero-order valence-electron chi connectivity index (χ0n) is 16.8. The van der Waals surface area contributed by atoms with Gasteiger partial charge in [0, 0.05) is 25.6 Å². The molecule has 1 aliphatic rings. The van der Waals surface area contributed by atoms with Crippen molar-refractivity contribution in [1.29, 1.82) is 0 Å². The van der Waals surface area contributed by atoms with Crippen LogP contribution in [0.15, 0.2) is 51.8 Å². The number of hydrogen-bond acceptors (Lipinski definition) is 5. The van der Waals surface area contributed by atoms with Gasteiger partial charge in [-0.1, -0.05) is 12.1 Å². The number of oxazole rings is 1. The molecule has 0 aliphatic carbocycles. The number of piperidine rings is 1. The molecule has 0 radical (unpaired) electrons. The van der Waals surface area contributed by atoms with E-state index in [4.69, 9.17) is 4.42 Å². The van der Waals surface area contributed by atoms with Crippen LogP contribution < -0.4 is 5.56 Å². The van der Waals surface area contributed by atoms with Crippen LogP contribution in [0.4, 0.5) is 4.39 Å². The fraction of sp³-hybridized carbons (Fsp3) is 0.364. The van der Waals surface area contributed by atoms with Crippen molar-refractivity contribution in [3.63, 3.8) is 0 Å². The average molecular weight is 410 g/mol. The smallest absolute Gasteiger partial charge is 0.267 e. The zero-order chi connectivity index (χ0) is 21.1. The molecule has 8 heteroatoms. The summed E-state index contributed by atoms with van der Waals surface area (Å²) in [6.07, 6.45) is 3.94. The Morgan fingerprint density at radius 3 is 2.83 bits per heavy atom. The molecule has 1 saturated heterocycles. The number of aromatic nitrogens is 3. The van der Waals surface area contributed by atoms with Crippen LogP contribution in [0.1, 0.15) is 41.7 Å². The first-order valence-electron chi connectivity index (χ1n) is 9.99. The molecule has 7 nitrogen and oxygen atoms in total. The van der Waals surface area contributed by atoms with Gasteiger partial charge in [0.25, 0.3) is 5.56 Å². The summed E-state index contributed by atoms with van der Waals surface area (Å²) < 4.78 is 20.2. The molecule has 0 N–H and O–H groups in total. The van der Waals surface area contributed by atoms with Crippen LogP contribution in [0, 0.1) is 12.7 Å². The molecule has 0 unspecified atom stereocenters. The molecule has 1 aromatic carbocycles. The number of aryl methyl sites for hydroxylation is 1. The van der Waals surface area contributed by atoms with Gasteiger partial charge in [-0.25, -0.2) is 14.1 Å². The minimum atomic E-state index is -0.291. The summed E-state index contributed by atoms with van der Waals surface area (Å²) in [6.45, 7) is 2.84. The van der Waals surface area contributed by atoms with Gasteiger partial charge in [0.1, 0.15) is 18.1 Å². The quantitative estimate of drug-likeness (QED) is 0.646. The molecule has 2 aromatic heterocycles. The second-order valence-electron chi connectivity index (χ2n) is 7.62. The van der Waals surface area contributed by atoms with E-state index in [1.807, 2.05) is 0 Å². The maximum absolute atomic E-state index is 13.1. The Hall–Kier alpha value is -3.29. The summed E-state index contributed by atoms with van der Waals surface area (Å²) in [6, 6.07) is 9.34. The summed E-state index contributed by atoms with van der Waals surface area (Å²) in [4.78, 5) is 30.8. The molecule has 1 fully saturated rings. The molecule has 0 bridgehead atoms. The minimum Gasteiger partial charge on any atom is -0.445 e. The Kier molecular flexibility index (Phi) is 5.74. The highest BCUT2D eigenvalue weighted by atomic mass is 19.1. The zero-order valence-corrected chi connectivity index (χ0v) is 16.8. The number of carbonyl (C=O) groups excluding carboxylic acids is 1. The summed E-state index contributed by atoms with van der Waals surface area (Å²) >= 11 is 0. The third-order valence-electron chi connectivity index (χ3n) is 5.27. The van der Waals surface area contributed by atoms with Crippen LogP contribution in [0.5, 0.6) is 0 Å². The standard InChI is InChI=1S/C22H23FN4O3/c1-15-4-9-20(28)27(25-15)14-21(29)26-10-2-3-17(13-26)22-24-12-19(30-22)11-16-5-7-18(23)8-6-16/h4-9,12,17H,2-3,10-11,13-14H2,1H3/t17-/m0/s1. The van der Waals surface area contributed by atoms with Crippen molar-refractivity contribution >= 4 is 5.91 Å². The highest BCUT2D eigenvalue weighted by Gasteiger charge is 2.28. The lowest BCUT2D eigenvalue weighted by atomic mass is 9.98. The largest absolute Gasteiger partial charge is 0.445 e. The van der Waals surface area contributed by atoms with Gasteiger partial charge in [-0.15, -0.1) is 0 Å². The maximum atomic E-state index is 13.1. The third-order valence-corrected chi connectivity index (χ3v) is 5.27. The van der Waals surface area contributed by atoms with Crippen molar-refractivity contribution in [2.24, 2.45) is 0 Å². The number of benzene rings is 1. The van der Waals surface area contributed by atoms with Crippen molar-refractivity contribution in [1.82, 2.24) is 19.7 Å². The average Bonchev–Trinajstić information content (AvgIpc) is 3.21. The first-order valence-corrected chi connectivity index (χ1v) is 9.99. The van der Waals surface area contributed by atoms with Crippen LogP contribution in [-0.2, 0) is 17.8 Å². The van der Waals surface area contributed by atoms with Crippen molar-refractivity contribution in [3.8, 4) is 0 Å². The molecule has 1 amide bonds. The molecule has 0 saturated carbocycles. The fourth-order valence-corrected chi connectivity index (χ4v) is 3.69. The van der Waals surface area contributed by atoms with Crippen molar-refractivity contribution in [3.05, 3.63) is 81.7 Å². The van der Waals surface area contributed by atoms with Crippen LogP contribution in [-0.4, -0.2) is 38.7 Å². The van der Waals surface area contributed by atoms with Crippen molar-refractivity contribution in [2.45, 2.75) is 38.6 Å². The first kappa shape index (κ1) is 20.0. The van der Waals surface area contributed by atoms with E-state index in [1.165, 1.54) is 22.9 Å². The van der Waals surface area contributed by atoms with E-state index < -0.39 is 0 Å². The fourth-order valence-electron chi connectivity index (χ4n) is 3.69. The van der Waals surface area contributed by atoms with Gasteiger partial charge in [0.2, 0.25) is 5.91 Å². The van der Waals surface area contributed by atoms with Crippen LogP contribution in [0.2, 0.25) is 0 Å². The first-order chi connectivity index (χ1) is 14.5. The van der Waals surface area contributed by atoms with Crippen LogP contribution >= 0.6 is 0 Å². The monoisotopic (exact) mass is 410 g/mol. The number of halogens is 1. The van der Waals surface area contributed by atoms with Crippen LogP contribution in [0.25, 0.3) is 0 Å². The number of likely N-dealkylation sites (tertiary alicyclic amines) is 1. The topological polar surface area (TPSA) is 81.2 Å². The predicted molar refractivity (Wildman–Crippen MR) is 107 cm³/mol. The normalized spacial score (nSPS) is 16.6. The van der Waals surface area contributed by atoms with Gasteiger partial charge in [0.15, 0.2) is 5.89 Å². The lowest BCUT2D eigenvalue weighted by molar-refractivity contribution is -0.133. The van der Waals surface area contributed by atoms with Crippen LogP contribution in [0.3, 0.4) is 0 Å². The summed E-state index contributed by atoms with van der Waals surface area (Å²) in [5.74, 6) is 0.906. The Bertz CT molecular complexity index is 1090. The SMILES string of the molecule is Cc1ccc(=O)n(CC(=O)N2CCC[C@H](c3ncc(Cc4ccc(F)cc4)o3)C2)n1. The van der Waals surface area contributed by atoms with E-state index >= 15 is 0 Å². The summed E-state index contributed by atoms with van der Waals surface area (Å²) in [7, 11) is 0. The number of carbonyl (C=O) groups is 1. The minimum absolute atomic E-state index is 0.00635. The van der Waals surface area contributed by atoms with Gasteiger partial charge in [0.05, 0.1) is 17.8 Å². The van der Waals surface area contributed by atoms with E-state index in [2.05, 4.69) is 10.1 Å². The molecule has 30 heavy (non-hydrogen) atoms. The highest BCUT2D eigenvalue weighted by molar-refractivity contribution is 5.76. The third kappa shape index (κ3) is 4.64. The number of hydrogen-bond donors (Lipinski definition) is 0. The second-order valence-corrected chi connectivity index (χ2v) is 7.62. The van der Waals surface area contributed by atoms with E-state index in [1.54, 1.807) is 36.2 Å². The predicted octanol–water partition coefficient (Wildman–Crippen LogP) is 2.68. The van der Waals surface area contributed by atoms with Gasteiger partial charge >= 0.3 is 0 Å². The van der Waals surface area contributed by atoms with Gasteiger partial charge in [-0.05, 0) is 43.5 Å². The molecule has 3 heterocycles. The molecule has 1 atom stereocenters. The van der Waals surface area contributed by atoms with Gasteiger partial charge in [-0.2, -0.15) is 5.10 Å². The summed E-state index contributed by atoms with van der Waals surface area (Å²) in [5, 5.41) is 4.14. The lowest BCUT2D eigenvalue weighted by Crippen LogP contribution is -2.42. The molecule has 4 rings (SSSR count). The maximum Gasteiger partial charge on any atom is 0.267 e. The lowest BCUT2D eigenvalue weighted by Gasteiger charge is -2.31. The molecular weight excluding hydrogens is 387 g/mol. The van der Waals surface area contributed by atoms with Crippen molar-refractivity contribution < 1.29 is 13.6 Å². The van der Waals surface area contributed by atoms with E-state index in [0.717, 1.165) is 18.4 Å². The van der Waals surface area contributed by atoms with E-state index in [0.29, 0.717) is 36.9 Å². The Balaban J connectivity index is 1.40. The Labute approximate surface area is 173 Å². The van der Waals surface area contributed by atoms with Gasteiger partial charge < -0.3 is 9.32 Å². The molecule has 156 valence electrons. The summed E-state index contributed by atoms with van der Waals surface area (Å²) in [5.41, 5.74) is 1.34. The number of nitrogens with zero attached hydrogens (tertiary/aromatic N) is 4. The van der Waals surface area contributed by atoms with Crippen molar-refractivity contribution in [2.75, 3.05) is 13.1 Å². The molecule has 1 aliphatic heterocycles. The number of rotatable bonds is 5. The molecular formula is C22H23FN4O3. The Morgan fingerprint density at radius 2 is 2.03 bits per heavy atom. The van der Waals surface area contributed by atoms with E-state index in [9.17, 15) is 14.0 Å². The van der Waals surface area contributed by atoms with Gasteiger partial charge in [-0.3, -0.25) is 9.59 Å². The Morgan fingerprint density at radius 1 is 1.23 bits per heavy atom.